The lowest BCUT2D eigenvalue weighted by Crippen LogP contribution is -2.29. The monoisotopic (exact) mass is 358 g/mol. The summed E-state index contributed by atoms with van der Waals surface area (Å²) in [5, 5.41) is 12.2. The smallest absolute Gasteiger partial charge is 0.289 e. The number of hydrogen-bond acceptors (Lipinski definition) is 4. The van der Waals surface area contributed by atoms with E-state index in [0.29, 0.717) is 16.2 Å². The molecule has 0 fully saturated rings. The standard InChI is InChI=1S/C18H15ClN2O4/c1-11(12-4-3-5-15(9-12)21(23)24)20(2)18(22)17-10-13-8-14(19)6-7-16(13)25-17/h3-11H,1-2H3/t11-/m1/s1. The van der Waals surface area contributed by atoms with Crippen LogP contribution in [0.4, 0.5) is 5.69 Å². The molecule has 3 rings (SSSR count). The molecule has 25 heavy (non-hydrogen) atoms. The lowest BCUT2D eigenvalue weighted by atomic mass is 10.1. The summed E-state index contributed by atoms with van der Waals surface area (Å²) in [6.07, 6.45) is 0. The maximum Gasteiger partial charge on any atom is 0.289 e. The summed E-state index contributed by atoms with van der Waals surface area (Å²) < 4.78 is 5.60. The van der Waals surface area contributed by atoms with Crippen LogP contribution in [0.15, 0.2) is 52.9 Å². The van der Waals surface area contributed by atoms with Crippen LogP contribution in [0.3, 0.4) is 0 Å². The van der Waals surface area contributed by atoms with Crippen molar-refractivity contribution in [2.24, 2.45) is 0 Å². The Kier molecular flexibility index (Phi) is 4.46. The zero-order chi connectivity index (χ0) is 18.1. The molecule has 1 atom stereocenters. The molecule has 3 aromatic rings. The average Bonchev–Trinajstić information content (AvgIpc) is 3.02. The highest BCUT2D eigenvalue weighted by Crippen LogP contribution is 2.27. The summed E-state index contributed by atoms with van der Waals surface area (Å²) in [5.74, 6) is -0.122. The highest BCUT2D eigenvalue weighted by Gasteiger charge is 2.23. The summed E-state index contributed by atoms with van der Waals surface area (Å²) >= 11 is 5.95. The highest BCUT2D eigenvalue weighted by atomic mass is 35.5. The van der Waals surface area contributed by atoms with E-state index in [2.05, 4.69) is 0 Å². The first-order chi connectivity index (χ1) is 11.9. The molecular formula is C18H15ClN2O4. The van der Waals surface area contributed by atoms with Crippen molar-refractivity contribution in [2.75, 3.05) is 7.05 Å². The minimum atomic E-state index is -0.457. The van der Waals surface area contributed by atoms with Gasteiger partial charge in [0.2, 0.25) is 0 Å². The molecule has 1 amide bonds. The second-order valence-electron chi connectivity index (χ2n) is 5.74. The van der Waals surface area contributed by atoms with Crippen LogP contribution in [0.25, 0.3) is 11.0 Å². The van der Waals surface area contributed by atoms with Crippen molar-refractivity contribution in [3.05, 3.63) is 75.0 Å². The van der Waals surface area contributed by atoms with E-state index in [1.165, 1.54) is 17.0 Å². The molecule has 0 saturated heterocycles. The van der Waals surface area contributed by atoms with Gasteiger partial charge in [-0.1, -0.05) is 23.7 Å². The number of benzene rings is 2. The lowest BCUT2D eigenvalue weighted by Gasteiger charge is -2.24. The van der Waals surface area contributed by atoms with Gasteiger partial charge in [0.1, 0.15) is 5.58 Å². The Hall–Kier alpha value is -2.86. The van der Waals surface area contributed by atoms with Crippen molar-refractivity contribution in [2.45, 2.75) is 13.0 Å². The number of halogens is 1. The third kappa shape index (κ3) is 3.34. The number of hydrogen-bond donors (Lipinski definition) is 0. The van der Waals surface area contributed by atoms with Gasteiger partial charge in [-0.3, -0.25) is 14.9 Å². The second kappa shape index (κ2) is 6.57. The van der Waals surface area contributed by atoms with Crippen molar-refractivity contribution in [1.82, 2.24) is 4.90 Å². The van der Waals surface area contributed by atoms with Crippen LogP contribution in [0.5, 0.6) is 0 Å². The Morgan fingerprint density at radius 3 is 2.72 bits per heavy atom. The predicted octanol–water partition coefficient (Wildman–Crippen LogP) is 4.83. The maximum atomic E-state index is 12.7. The first-order valence-corrected chi connectivity index (χ1v) is 7.95. The molecule has 0 aliphatic carbocycles. The van der Waals surface area contributed by atoms with Gasteiger partial charge in [0, 0.05) is 29.6 Å². The van der Waals surface area contributed by atoms with E-state index in [1.807, 2.05) is 0 Å². The second-order valence-corrected chi connectivity index (χ2v) is 6.17. The fourth-order valence-corrected chi connectivity index (χ4v) is 2.77. The number of nitro benzene ring substituents is 1. The molecule has 1 aromatic heterocycles. The molecule has 0 spiro atoms. The molecule has 1 heterocycles. The largest absolute Gasteiger partial charge is 0.451 e. The number of fused-ring (bicyclic) bond motifs is 1. The number of rotatable bonds is 4. The maximum absolute atomic E-state index is 12.7. The fraction of sp³-hybridized carbons (Fsp3) is 0.167. The molecule has 0 N–H and O–H groups in total. The normalized spacial score (nSPS) is 12.1. The Labute approximate surface area is 148 Å². The van der Waals surface area contributed by atoms with E-state index in [0.717, 1.165) is 5.39 Å². The zero-order valence-corrected chi connectivity index (χ0v) is 14.4. The molecule has 128 valence electrons. The number of amides is 1. The van der Waals surface area contributed by atoms with Gasteiger partial charge in [-0.15, -0.1) is 0 Å². The zero-order valence-electron chi connectivity index (χ0n) is 13.6. The molecule has 0 unspecified atom stereocenters. The van der Waals surface area contributed by atoms with Gasteiger partial charge in [0.15, 0.2) is 5.76 Å². The van der Waals surface area contributed by atoms with Crippen molar-refractivity contribution in [3.8, 4) is 0 Å². The van der Waals surface area contributed by atoms with Gasteiger partial charge < -0.3 is 9.32 Å². The van der Waals surface area contributed by atoms with Gasteiger partial charge in [0.25, 0.3) is 11.6 Å². The van der Waals surface area contributed by atoms with Crippen molar-refractivity contribution >= 4 is 34.2 Å². The number of carbonyl (C=O) groups excluding carboxylic acids is 1. The predicted molar refractivity (Wildman–Crippen MR) is 94.8 cm³/mol. The molecule has 7 heteroatoms. The van der Waals surface area contributed by atoms with Crippen LogP contribution < -0.4 is 0 Å². The Morgan fingerprint density at radius 2 is 2.00 bits per heavy atom. The van der Waals surface area contributed by atoms with Crippen LogP contribution in [-0.2, 0) is 0 Å². The molecular weight excluding hydrogens is 344 g/mol. The van der Waals surface area contributed by atoms with E-state index in [-0.39, 0.29) is 23.4 Å². The van der Waals surface area contributed by atoms with E-state index in [9.17, 15) is 14.9 Å². The molecule has 0 aliphatic rings. The average molecular weight is 359 g/mol. The fourth-order valence-electron chi connectivity index (χ4n) is 2.59. The summed E-state index contributed by atoms with van der Waals surface area (Å²) in [5.41, 5.74) is 1.23. The number of nitrogens with zero attached hydrogens (tertiary/aromatic N) is 2. The highest BCUT2D eigenvalue weighted by molar-refractivity contribution is 6.31. The molecule has 0 bridgehead atoms. The van der Waals surface area contributed by atoms with Gasteiger partial charge in [0.05, 0.1) is 11.0 Å². The number of furan rings is 1. The van der Waals surface area contributed by atoms with Gasteiger partial charge in [-0.25, -0.2) is 0 Å². The Balaban J connectivity index is 1.87. The third-order valence-corrected chi connectivity index (χ3v) is 4.39. The molecule has 2 aromatic carbocycles. The van der Waals surface area contributed by atoms with Crippen molar-refractivity contribution < 1.29 is 14.1 Å². The number of non-ortho nitro benzene ring substituents is 1. The number of nitro groups is 1. The quantitative estimate of drug-likeness (QED) is 0.494. The van der Waals surface area contributed by atoms with Crippen molar-refractivity contribution in [1.29, 1.82) is 0 Å². The first kappa shape index (κ1) is 17.0. The minimum Gasteiger partial charge on any atom is -0.451 e. The van der Waals surface area contributed by atoms with Gasteiger partial charge in [-0.2, -0.15) is 0 Å². The van der Waals surface area contributed by atoms with Gasteiger partial charge in [-0.05, 0) is 36.8 Å². The summed E-state index contributed by atoms with van der Waals surface area (Å²) in [7, 11) is 1.63. The Morgan fingerprint density at radius 1 is 1.24 bits per heavy atom. The SMILES string of the molecule is C[C@H](c1cccc([N+](=O)[O-])c1)N(C)C(=O)c1cc2cc(Cl)ccc2o1. The summed E-state index contributed by atoms with van der Waals surface area (Å²) in [6, 6.07) is 12.6. The molecule has 0 saturated carbocycles. The topological polar surface area (TPSA) is 76.6 Å². The van der Waals surface area contributed by atoms with Crippen LogP contribution in [0, 0.1) is 10.1 Å². The van der Waals surface area contributed by atoms with E-state index < -0.39 is 4.92 Å². The van der Waals surface area contributed by atoms with Crippen LogP contribution in [0.1, 0.15) is 29.1 Å². The molecule has 6 nitrogen and oxygen atoms in total. The van der Waals surface area contributed by atoms with Crippen LogP contribution in [0.2, 0.25) is 5.02 Å². The number of carbonyl (C=O) groups is 1. The molecule has 0 radical (unpaired) electrons. The summed E-state index contributed by atoms with van der Waals surface area (Å²) in [4.78, 5) is 24.7. The first-order valence-electron chi connectivity index (χ1n) is 7.57. The third-order valence-electron chi connectivity index (χ3n) is 4.15. The lowest BCUT2D eigenvalue weighted by molar-refractivity contribution is -0.384. The molecule has 0 aliphatic heterocycles. The van der Waals surface area contributed by atoms with Crippen LogP contribution >= 0.6 is 11.6 Å². The van der Waals surface area contributed by atoms with Gasteiger partial charge >= 0.3 is 0 Å². The van der Waals surface area contributed by atoms with Crippen LogP contribution in [-0.4, -0.2) is 22.8 Å². The summed E-state index contributed by atoms with van der Waals surface area (Å²) in [6.45, 7) is 1.80. The van der Waals surface area contributed by atoms with E-state index in [1.54, 1.807) is 50.4 Å². The minimum absolute atomic E-state index is 0.0106. The van der Waals surface area contributed by atoms with E-state index in [4.69, 9.17) is 16.0 Å². The Bertz CT molecular complexity index is 967. The van der Waals surface area contributed by atoms with E-state index >= 15 is 0 Å². The van der Waals surface area contributed by atoms with Crippen molar-refractivity contribution in [3.63, 3.8) is 0 Å².